The van der Waals surface area contributed by atoms with Gasteiger partial charge in [0.05, 0.1) is 7.11 Å². The minimum Gasteiger partial charge on any atom is -0.497 e. The lowest BCUT2D eigenvalue weighted by Crippen LogP contribution is -2.49. The van der Waals surface area contributed by atoms with Crippen LogP contribution in [0.15, 0.2) is 23.2 Å². The molecule has 1 aromatic rings. The molecule has 0 spiro atoms. The van der Waals surface area contributed by atoms with Crippen LogP contribution in [-0.4, -0.2) is 56.2 Å². The van der Waals surface area contributed by atoms with E-state index in [9.17, 15) is 0 Å². The number of ether oxygens (including phenoxy) is 1. The van der Waals surface area contributed by atoms with E-state index < -0.39 is 0 Å². The van der Waals surface area contributed by atoms with Crippen LogP contribution in [0.2, 0.25) is 5.02 Å². The van der Waals surface area contributed by atoms with Gasteiger partial charge in [-0.2, -0.15) is 0 Å². The normalized spacial score (nSPS) is 19.4. The third kappa shape index (κ3) is 5.52. The second kappa shape index (κ2) is 9.47. The summed E-state index contributed by atoms with van der Waals surface area (Å²) in [5, 5.41) is 7.72. The fourth-order valence-electron chi connectivity index (χ4n) is 3.51. The number of guanidine groups is 1. The molecule has 1 aromatic carbocycles. The van der Waals surface area contributed by atoms with Crippen molar-refractivity contribution in [3.63, 3.8) is 0 Å². The van der Waals surface area contributed by atoms with Crippen molar-refractivity contribution in [3.8, 4) is 5.75 Å². The molecular formula is C20H31ClN4O. The van der Waals surface area contributed by atoms with E-state index in [4.69, 9.17) is 21.3 Å². The van der Waals surface area contributed by atoms with Crippen LogP contribution in [0.3, 0.4) is 0 Å². The van der Waals surface area contributed by atoms with Crippen molar-refractivity contribution in [2.45, 2.75) is 51.1 Å². The molecule has 5 nitrogen and oxygen atoms in total. The molecule has 3 rings (SSSR count). The van der Waals surface area contributed by atoms with Crippen LogP contribution < -0.4 is 15.4 Å². The topological polar surface area (TPSA) is 48.9 Å². The summed E-state index contributed by atoms with van der Waals surface area (Å²) in [6.45, 7) is 6.11. The number of rotatable bonds is 7. The number of methoxy groups -OCH3 is 1. The molecule has 0 aromatic heterocycles. The van der Waals surface area contributed by atoms with Crippen LogP contribution in [0, 0.1) is 0 Å². The van der Waals surface area contributed by atoms with Crippen LogP contribution in [-0.2, 0) is 6.42 Å². The maximum absolute atomic E-state index is 6.32. The van der Waals surface area contributed by atoms with Crippen molar-refractivity contribution in [2.24, 2.45) is 4.99 Å². The maximum atomic E-state index is 6.32. The average molecular weight is 379 g/mol. The zero-order valence-electron chi connectivity index (χ0n) is 15.9. The van der Waals surface area contributed by atoms with Crippen molar-refractivity contribution < 1.29 is 4.74 Å². The average Bonchev–Trinajstić information content (AvgIpc) is 3.49. The Hall–Kier alpha value is -1.46. The number of nitrogens with zero attached hydrogens (tertiary/aromatic N) is 2. The van der Waals surface area contributed by atoms with E-state index in [2.05, 4.69) is 22.5 Å². The first-order valence-corrected chi connectivity index (χ1v) is 10.2. The number of hydrogen-bond donors (Lipinski definition) is 2. The Bertz CT molecular complexity index is 610. The van der Waals surface area contributed by atoms with Crippen molar-refractivity contribution >= 4 is 17.6 Å². The molecule has 0 atom stereocenters. The molecule has 1 aliphatic carbocycles. The third-order valence-electron chi connectivity index (χ3n) is 5.19. The molecular weight excluding hydrogens is 348 g/mol. The summed E-state index contributed by atoms with van der Waals surface area (Å²) in [4.78, 5) is 7.39. The number of halogens is 1. The first-order valence-electron chi connectivity index (χ1n) is 9.81. The van der Waals surface area contributed by atoms with Gasteiger partial charge in [-0.15, -0.1) is 0 Å². The molecule has 0 amide bonds. The monoisotopic (exact) mass is 378 g/mol. The molecule has 6 heteroatoms. The molecule has 1 saturated carbocycles. The minimum absolute atomic E-state index is 0.521. The number of hydrogen-bond acceptors (Lipinski definition) is 3. The van der Waals surface area contributed by atoms with Gasteiger partial charge in [0, 0.05) is 43.3 Å². The smallest absolute Gasteiger partial charge is 0.191 e. The molecule has 1 saturated heterocycles. The molecule has 1 aliphatic heterocycles. The number of aliphatic imine (C=N–C) groups is 1. The van der Waals surface area contributed by atoms with E-state index in [0.717, 1.165) is 41.3 Å². The summed E-state index contributed by atoms with van der Waals surface area (Å²) >= 11 is 6.32. The molecule has 2 aliphatic rings. The second-order valence-electron chi connectivity index (χ2n) is 7.15. The summed E-state index contributed by atoms with van der Waals surface area (Å²) in [7, 11) is 1.65. The molecule has 1 heterocycles. The van der Waals surface area contributed by atoms with Gasteiger partial charge in [0.15, 0.2) is 5.96 Å². The van der Waals surface area contributed by atoms with Gasteiger partial charge in [0.2, 0.25) is 0 Å². The molecule has 0 radical (unpaired) electrons. The van der Waals surface area contributed by atoms with E-state index in [0.29, 0.717) is 12.6 Å². The Labute approximate surface area is 162 Å². The van der Waals surface area contributed by atoms with Gasteiger partial charge in [-0.05, 0) is 56.7 Å². The molecule has 2 N–H and O–H groups in total. The summed E-state index contributed by atoms with van der Waals surface area (Å²) in [5.41, 5.74) is 1.10. The van der Waals surface area contributed by atoms with E-state index in [-0.39, 0.29) is 0 Å². The Balaban J connectivity index is 1.49. The quantitative estimate of drug-likeness (QED) is 0.565. The van der Waals surface area contributed by atoms with Crippen molar-refractivity contribution in [1.82, 2.24) is 15.5 Å². The van der Waals surface area contributed by atoms with Gasteiger partial charge in [0.1, 0.15) is 5.75 Å². The number of nitrogens with one attached hydrogen (secondary N) is 2. The highest BCUT2D eigenvalue weighted by atomic mass is 35.5. The predicted octanol–water partition coefficient (Wildman–Crippen LogP) is 3.07. The van der Waals surface area contributed by atoms with Crippen LogP contribution in [0.4, 0.5) is 0 Å². The largest absolute Gasteiger partial charge is 0.497 e. The molecule has 144 valence electrons. The highest BCUT2D eigenvalue weighted by Gasteiger charge is 2.31. The van der Waals surface area contributed by atoms with Gasteiger partial charge in [-0.25, -0.2) is 0 Å². The van der Waals surface area contributed by atoms with E-state index in [1.165, 1.54) is 38.8 Å². The molecule has 0 unspecified atom stereocenters. The van der Waals surface area contributed by atoms with Crippen LogP contribution >= 0.6 is 11.6 Å². The summed E-state index contributed by atoms with van der Waals surface area (Å²) < 4.78 is 5.20. The lowest BCUT2D eigenvalue weighted by atomic mass is 10.1. The summed E-state index contributed by atoms with van der Waals surface area (Å²) in [6.07, 6.45) is 6.02. The standard InChI is InChI=1S/C20H31ClN4O/c1-3-22-20(24-16-9-12-25(13-10-16)17-5-6-17)23-11-8-15-4-7-18(26-2)14-19(15)21/h4,7,14,16-17H,3,5-6,8-13H2,1-2H3,(H2,22,23,24). The SMILES string of the molecule is CCNC(=NCCc1ccc(OC)cc1Cl)NC1CCN(C2CC2)CC1. The Morgan fingerprint density at radius 3 is 2.65 bits per heavy atom. The van der Waals surface area contributed by atoms with Gasteiger partial charge < -0.3 is 20.3 Å². The first kappa shape index (κ1) is 19.3. The number of likely N-dealkylation sites (tertiary alicyclic amines) is 1. The zero-order chi connectivity index (χ0) is 18.4. The van der Waals surface area contributed by atoms with Gasteiger partial charge in [0.25, 0.3) is 0 Å². The van der Waals surface area contributed by atoms with Crippen molar-refractivity contribution in [2.75, 3.05) is 33.3 Å². The zero-order valence-corrected chi connectivity index (χ0v) is 16.7. The molecule has 0 bridgehead atoms. The lowest BCUT2D eigenvalue weighted by molar-refractivity contribution is 0.197. The highest BCUT2D eigenvalue weighted by Crippen LogP contribution is 2.29. The van der Waals surface area contributed by atoms with E-state index in [1.54, 1.807) is 7.11 Å². The van der Waals surface area contributed by atoms with E-state index >= 15 is 0 Å². The number of piperidine rings is 1. The van der Waals surface area contributed by atoms with Crippen LogP contribution in [0.25, 0.3) is 0 Å². The van der Waals surface area contributed by atoms with Gasteiger partial charge >= 0.3 is 0 Å². The molecule has 2 fully saturated rings. The van der Waals surface area contributed by atoms with E-state index in [1.807, 2.05) is 18.2 Å². The fraction of sp³-hybridized carbons (Fsp3) is 0.650. The second-order valence-corrected chi connectivity index (χ2v) is 7.56. The minimum atomic E-state index is 0.521. The van der Waals surface area contributed by atoms with Crippen LogP contribution in [0.5, 0.6) is 5.75 Å². The number of benzene rings is 1. The first-order chi connectivity index (χ1) is 12.7. The maximum Gasteiger partial charge on any atom is 0.191 e. The summed E-state index contributed by atoms with van der Waals surface area (Å²) in [6, 6.07) is 7.23. The Morgan fingerprint density at radius 1 is 1.27 bits per heavy atom. The summed E-state index contributed by atoms with van der Waals surface area (Å²) in [5.74, 6) is 1.71. The lowest BCUT2D eigenvalue weighted by Gasteiger charge is -2.33. The third-order valence-corrected chi connectivity index (χ3v) is 5.54. The fourth-order valence-corrected chi connectivity index (χ4v) is 3.77. The Morgan fingerprint density at radius 2 is 2.04 bits per heavy atom. The highest BCUT2D eigenvalue weighted by molar-refractivity contribution is 6.31. The van der Waals surface area contributed by atoms with Crippen LogP contribution in [0.1, 0.15) is 38.2 Å². The predicted molar refractivity (Wildman–Crippen MR) is 108 cm³/mol. The van der Waals surface area contributed by atoms with Crippen molar-refractivity contribution in [1.29, 1.82) is 0 Å². The van der Waals surface area contributed by atoms with Crippen molar-refractivity contribution in [3.05, 3.63) is 28.8 Å². The van der Waals surface area contributed by atoms with Gasteiger partial charge in [-0.1, -0.05) is 17.7 Å². The molecule has 26 heavy (non-hydrogen) atoms. The van der Waals surface area contributed by atoms with Gasteiger partial charge in [-0.3, -0.25) is 4.99 Å². The Kier molecular flexibility index (Phi) is 7.03.